The highest BCUT2D eigenvalue weighted by molar-refractivity contribution is 9.11. The van der Waals surface area contributed by atoms with E-state index in [1.165, 1.54) is 47.9 Å². The molecule has 1 aromatic heterocycles. The Kier molecular flexibility index (Phi) is 7.33. The first kappa shape index (κ1) is 14.2. The van der Waals surface area contributed by atoms with E-state index >= 15 is 0 Å². The van der Waals surface area contributed by atoms with Crippen LogP contribution in [-0.2, 0) is 0 Å². The zero-order valence-corrected chi connectivity index (χ0v) is 12.7. The summed E-state index contributed by atoms with van der Waals surface area (Å²) < 4.78 is 1.23. The third kappa shape index (κ3) is 4.98. The number of unbranched alkanes of at least 4 members (excludes halogenated alkanes) is 4. The van der Waals surface area contributed by atoms with Crippen LogP contribution in [0.3, 0.4) is 0 Å². The number of rotatable bonds is 8. The molecule has 1 atom stereocenters. The molecule has 3 heteroatoms. The molecular weight excluding hydrogens is 282 g/mol. The minimum Gasteiger partial charge on any atom is -0.313 e. The number of hydrogen-bond donors (Lipinski definition) is 1. The van der Waals surface area contributed by atoms with Gasteiger partial charge in [0.25, 0.3) is 0 Å². The number of nitrogens with one attached hydrogen (secondary N) is 1. The van der Waals surface area contributed by atoms with E-state index in [-0.39, 0.29) is 0 Å². The first-order valence-electron chi connectivity index (χ1n) is 6.19. The highest BCUT2D eigenvalue weighted by atomic mass is 79.9. The zero-order valence-electron chi connectivity index (χ0n) is 10.3. The lowest BCUT2D eigenvalue weighted by atomic mass is 10.0. The summed E-state index contributed by atoms with van der Waals surface area (Å²) in [5.74, 6) is 0. The summed E-state index contributed by atoms with van der Waals surface area (Å²) in [6.07, 6.45) is 8.06. The van der Waals surface area contributed by atoms with E-state index in [1.54, 1.807) is 11.3 Å². The normalized spacial score (nSPS) is 12.9. The molecule has 0 aromatic carbocycles. The first-order chi connectivity index (χ1) is 7.77. The van der Waals surface area contributed by atoms with Gasteiger partial charge in [-0.3, -0.25) is 0 Å². The van der Waals surface area contributed by atoms with Crippen molar-refractivity contribution in [2.24, 2.45) is 0 Å². The maximum Gasteiger partial charge on any atom is 0.0701 e. The maximum atomic E-state index is 3.52. The van der Waals surface area contributed by atoms with Crippen LogP contribution in [0.15, 0.2) is 15.2 Å². The quantitative estimate of drug-likeness (QED) is 0.656. The van der Waals surface area contributed by atoms with Crippen LogP contribution < -0.4 is 5.32 Å². The zero-order chi connectivity index (χ0) is 11.8. The van der Waals surface area contributed by atoms with Crippen LogP contribution in [0.2, 0.25) is 0 Å². The minimum absolute atomic E-state index is 0.532. The van der Waals surface area contributed by atoms with Crippen LogP contribution in [0.4, 0.5) is 0 Å². The standard InChI is InChI=1S/C13H22BrNS/c1-3-4-5-6-7-8-12(15-2)11-9-13(14)16-10-11/h9-10,12,15H,3-8H2,1-2H3. The lowest BCUT2D eigenvalue weighted by molar-refractivity contribution is 0.502. The van der Waals surface area contributed by atoms with Crippen molar-refractivity contribution in [2.45, 2.75) is 51.5 Å². The van der Waals surface area contributed by atoms with Crippen LogP contribution in [0.25, 0.3) is 0 Å². The molecule has 92 valence electrons. The molecule has 0 amide bonds. The van der Waals surface area contributed by atoms with Crippen molar-refractivity contribution in [3.8, 4) is 0 Å². The minimum atomic E-state index is 0.532. The molecule has 1 unspecified atom stereocenters. The number of thiophene rings is 1. The van der Waals surface area contributed by atoms with Crippen molar-refractivity contribution in [3.63, 3.8) is 0 Å². The van der Waals surface area contributed by atoms with Crippen molar-refractivity contribution in [2.75, 3.05) is 7.05 Å². The van der Waals surface area contributed by atoms with Crippen molar-refractivity contribution < 1.29 is 0 Å². The van der Waals surface area contributed by atoms with Gasteiger partial charge in [-0.05, 0) is 46.4 Å². The summed E-state index contributed by atoms with van der Waals surface area (Å²) in [6.45, 7) is 2.26. The van der Waals surface area contributed by atoms with Crippen LogP contribution in [0.1, 0.15) is 57.1 Å². The molecule has 1 heterocycles. The van der Waals surface area contributed by atoms with Crippen LogP contribution >= 0.6 is 27.3 Å². The van der Waals surface area contributed by atoms with Gasteiger partial charge in [-0.2, -0.15) is 0 Å². The van der Waals surface area contributed by atoms with E-state index in [9.17, 15) is 0 Å². The second kappa shape index (κ2) is 8.26. The lowest BCUT2D eigenvalue weighted by Crippen LogP contribution is -2.15. The molecule has 0 aliphatic heterocycles. The summed E-state index contributed by atoms with van der Waals surface area (Å²) >= 11 is 5.29. The second-order valence-electron chi connectivity index (χ2n) is 4.23. The van der Waals surface area contributed by atoms with Crippen molar-refractivity contribution in [1.29, 1.82) is 0 Å². The third-order valence-corrected chi connectivity index (χ3v) is 4.46. The summed E-state index contributed by atoms with van der Waals surface area (Å²) in [6, 6.07) is 2.77. The third-order valence-electron chi connectivity index (χ3n) is 2.93. The summed E-state index contributed by atoms with van der Waals surface area (Å²) in [7, 11) is 2.06. The van der Waals surface area contributed by atoms with E-state index in [0.717, 1.165) is 0 Å². The Morgan fingerprint density at radius 1 is 1.31 bits per heavy atom. The fraction of sp³-hybridized carbons (Fsp3) is 0.692. The Morgan fingerprint density at radius 3 is 2.62 bits per heavy atom. The van der Waals surface area contributed by atoms with Gasteiger partial charge in [0.1, 0.15) is 0 Å². The van der Waals surface area contributed by atoms with Gasteiger partial charge in [0, 0.05) is 6.04 Å². The van der Waals surface area contributed by atoms with Gasteiger partial charge in [0.2, 0.25) is 0 Å². The van der Waals surface area contributed by atoms with Crippen LogP contribution in [0.5, 0.6) is 0 Å². The van der Waals surface area contributed by atoms with Crippen LogP contribution in [0, 0.1) is 0 Å². The Morgan fingerprint density at radius 2 is 2.06 bits per heavy atom. The Balaban J connectivity index is 2.27. The van der Waals surface area contributed by atoms with Crippen molar-refractivity contribution >= 4 is 27.3 Å². The van der Waals surface area contributed by atoms with Gasteiger partial charge < -0.3 is 5.32 Å². The SMILES string of the molecule is CCCCCCCC(NC)c1csc(Br)c1. The fourth-order valence-electron chi connectivity index (χ4n) is 1.94. The average molecular weight is 304 g/mol. The average Bonchev–Trinajstić information content (AvgIpc) is 2.70. The molecule has 1 rings (SSSR count). The molecule has 0 saturated heterocycles. The van der Waals surface area contributed by atoms with Crippen LogP contribution in [-0.4, -0.2) is 7.05 Å². The predicted molar refractivity (Wildman–Crippen MR) is 77.2 cm³/mol. The van der Waals surface area contributed by atoms with Gasteiger partial charge >= 0.3 is 0 Å². The summed E-state index contributed by atoms with van der Waals surface area (Å²) in [5, 5.41) is 5.66. The Bertz CT molecular complexity index is 285. The second-order valence-corrected chi connectivity index (χ2v) is 6.52. The van der Waals surface area contributed by atoms with Gasteiger partial charge in [0.05, 0.1) is 3.79 Å². The molecule has 1 N–H and O–H groups in total. The monoisotopic (exact) mass is 303 g/mol. The largest absolute Gasteiger partial charge is 0.313 e. The number of halogens is 1. The molecule has 0 saturated carbocycles. The molecule has 0 spiro atoms. The van der Waals surface area contributed by atoms with Gasteiger partial charge in [-0.15, -0.1) is 11.3 Å². The Labute approximate surface area is 112 Å². The molecule has 0 fully saturated rings. The van der Waals surface area contributed by atoms with Gasteiger partial charge in [-0.1, -0.05) is 39.0 Å². The molecule has 0 radical (unpaired) electrons. The molecule has 0 aliphatic carbocycles. The lowest BCUT2D eigenvalue weighted by Gasteiger charge is -2.14. The topological polar surface area (TPSA) is 12.0 Å². The van der Waals surface area contributed by atoms with Gasteiger partial charge in [0.15, 0.2) is 0 Å². The van der Waals surface area contributed by atoms with Gasteiger partial charge in [-0.25, -0.2) is 0 Å². The predicted octanol–water partition coefficient (Wildman–Crippen LogP) is 5.13. The summed E-state index contributed by atoms with van der Waals surface area (Å²) in [4.78, 5) is 0. The number of hydrogen-bond acceptors (Lipinski definition) is 2. The summed E-state index contributed by atoms with van der Waals surface area (Å²) in [5.41, 5.74) is 1.43. The highest BCUT2D eigenvalue weighted by Crippen LogP contribution is 2.28. The molecule has 1 aromatic rings. The highest BCUT2D eigenvalue weighted by Gasteiger charge is 2.10. The molecular formula is C13H22BrNS. The smallest absolute Gasteiger partial charge is 0.0701 e. The molecule has 0 aliphatic rings. The van der Waals surface area contributed by atoms with Crippen molar-refractivity contribution in [3.05, 3.63) is 20.8 Å². The van der Waals surface area contributed by atoms with Crippen molar-refractivity contribution in [1.82, 2.24) is 5.32 Å². The maximum absolute atomic E-state index is 3.52. The van der Waals surface area contributed by atoms with E-state index in [0.29, 0.717) is 6.04 Å². The van der Waals surface area contributed by atoms with E-state index in [4.69, 9.17) is 0 Å². The molecule has 16 heavy (non-hydrogen) atoms. The van der Waals surface area contributed by atoms with E-state index < -0.39 is 0 Å². The molecule has 1 nitrogen and oxygen atoms in total. The fourth-order valence-corrected chi connectivity index (χ4v) is 3.17. The Hall–Kier alpha value is 0.140. The van der Waals surface area contributed by atoms with E-state index in [2.05, 4.69) is 46.7 Å². The van der Waals surface area contributed by atoms with E-state index in [1.807, 2.05) is 0 Å². The first-order valence-corrected chi connectivity index (χ1v) is 7.86. The molecule has 0 bridgehead atoms.